The Bertz CT molecular complexity index is 335. The Hall–Kier alpha value is -1.78. The number of carbonyl (C=O) groups excluding carboxylic acids is 1. The maximum absolute atomic E-state index is 11.4. The minimum Gasteiger partial charge on any atom is -0.397 e. The van der Waals surface area contributed by atoms with Crippen LogP contribution >= 0.6 is 0 Å². The summed E-state index contributed by atoms with van der Waals surface area (Å²) in [6.45, 7) is 1.45. The number of rotatable bonds is 1. The molecule has 0 aromatic carbocycles. The molecule has 1 fully saturated rings. The zero-order chi connectivity index (χ0) is 9.97. The number of hydrogen-bond donors (Lipinski definition) is 2. The normalized spacial score (nSPS) is 16.6. The summed E-state index contributed by atoms with van der Waals surface area (Å²) in [5.41, 5.74) is 6.11. The van der Waals surface area contributed by atoms with Crippen molar-refractivity contribution in [1.82, 2.24) is 10.3 Å². The molecule has 2 rings (SSSR count). The summed E-state index contributed by atoms with van der Waals surface area (Å²) in [6.07, 6.45) is 2.50. The van der Waals surface area contributed by atoms with Crippen LogP contribution in [0.25, 0.3) is 0 Å². The number of anilines is 2. The Morgan fingerprint density at radius 1 is 1.50 bits per heavy atom. The molecule has 1 saturated heterocycles. The third kappa shape index (κ3) is 1.61. The molecule has 0 saturated carbocycles. The Labute approximate surface area is 81.9 Å². The minimum atomic E-state index is -0.0893. The van der Waals surface area contributed by atoms with E-state index in [1.54, 1.807) is 23.2 Å². The molecular weight excluding hydrogens is 180 g/mol. The first-order valence-electron chi connectivity index (χ1n) is 4.54. The predicted molar refractivity (Wildman–Crippen MR) is 54.0 cm³/mol. The van der Waals surface area contributed by atoms with Gasteiger partial charge in [0.25, 0.3) is 0 Å². The summed E-state index contributed by atoms with van der Waals surface area (Å²) in [6, 6.07) is 3.40. The maximum Gasteiger partial charge on any atom is 0.323 e. The molecule has 0 radical (unpaired) electrons. The van der Waals surface area contributed by atoms with Crippen molar-refractivity contribution in [1.29, 1.82) is 0 Å². The monoisotopic (exact) mass is 192 g/mol. The Morgan fingerprint density at radius 2 is 2.36 bits per heavy atom. The van der Waals surface area contributed by atoms with E-state index in [0.717, 1.165) is 13.0 Å². The van der Waals surface area contributed by atoms with Crippen LogP contribution in [0.4, 0.5) is 16.3 Å². The highest BCUT2D eigenvalue weighted by Crippen LogP contribution is 2.14. The van der Waals surface area contributed by atoms with E-state index < -0.39 is 0 Å². The number of nitrogens with zero attached hydrogens (tertiary/aromatic N) is 2. The van der Waals surface area contributed by atoms with Crippen LogP contribution in [-0.4, -0.2) is 24.1 Å². The smallest absolute Gasteiger partial charge is 0.323 e. The fourth-order valence-electron chi connectivity index (χ4n) is 1.41. The molecule has 0 bridgehead atoms. The van der Waals surface area contributed by atoms with E-state index in [2.05, 4.69) is 10.3 Å². The van der Waals surface area contributed by atoms with Gasteiger partial charge in [-0.15, -0.1) is 0 Å². The maximum atomic E-state index is 11.4. The lowest BCUT2D eigenvalue weighted by atomic mass is 10.3. The van der Waals surface area contributed by atoms with Crippen molar-refractivity contribution in [3.05, 3.63) is 18.3 Å². The van der Waals surface area contributed by atoms with Gasteiger partial charge in [-0.2, -0.15) is 0 Å². The lowest BCUT2D eigenvalue weighted by molar-refractivity contribution is 0.242. The van der Waals surface area contributed by atoms with Crippen molar-refractivity contribution in [3.63, 3.8) is 0 Å². The molecule has 0 spiro atoms. The van der Waals surface area contributed by atoms with E-state index in [4.69, 9.17) is 5.73 Å². The summed E-state index contributed by atoms with van der Waals surface area (Å²) < 4.78 is 0. The van der Waals surface area contributed by atoms with Gasteiger partial charge in [-0.05, 0) is 18.6 Å². The predicted octanol–water partition coefficient (Wildman–Crippen LogP) is 0.583. The van der Waals surface area contributed by atoms with Gasteiger partial charge in [0.1, 0.15) is 5.82 Å². The molecule has 1 aromatic rings. The van der Waals surface area contributed by atoms with Crippen LogP contribution < -0.4 is 16.0 Å². The van der Waals surface area contributed by atoms with Crippen molar-refractivity contribution < 1.29 is 4.79 Å². The van der Waals surface area contributed by atoms with Crippen molar-refractivity contribution >= 4 is 17.5 Å². The van der Waals surface area contributed by atoms with E-state index >= 15 is 0 Å². The average Bonchev–Trinajstić information content (AvgIpc) is 2.20. The largest absolute Gasteiger partial charge is 0.397 e. The third-order valence-corrected chi connectivity index (χ3v) is 2.13. The number of aromatic nitrogens is 1. The van der Waals surface area contributed by atoms with Gasteiger partial charge in [0.2, 0.25) is 0 Å². The van der Waals surface area contributed by atoms with Gasteiger partial charge in [0.15, 0.2) is 0 Å². The van der Waals surface area contributed by atoms with Crippen molar-refractivity contribution in [2.24, 2.45) is 0 Å². The molecule has 2 amide bonds. The van der Waals surface area contributed by atoms with Crippen molar-refractivity contribution in [2.75, 3.05) is 23.7 Å². The summed E-state index contributed by atoms with van der Waals surface area (Å²) in [5, 5.41) is 2.76. The van der Waals surface area contributed by atoms with E-state index in [9.17, 15) is 4.79 Å². The average molecular weight is 192 g/mol. The topological polar surface area (TPSA) is 71.2 Å². The SMILES string of the molecule is Nc1ccc(N2CCCNC2=O)nc1. The van der Waals surface area contributed by atoms with Crippen LogP contribution in [0, 0.1) is 0 Å². The second kappa shape index (κ2) is 3.53. The summed E-state index contributed by atoms with van der Waals surface area (Å²) >= 11 is 0. The number of amides is 2. The first kappa shape index (κ1) is 8.80. The van der Waals surface area contributed by atoms with Gasteiger partial charge < -0.3 is 11.1 Å². The van der Waals surface area contributed by atoms with Crippen LogP contribution in [0.3, 0.4) is 0 Å². The number of carbonyl (C=O) groups is 1. The zero-order valence-electron chi connectivity index (χ0n) is 7.73. The number of nitrogens with one attached hydrogen (secondary N) is 1. The molecule has 5 nitrogen and oxygen atoms in total. The lowest BCUT2D eigenvalue weighted by Gasteiger charge is -2.26. The van der Waals surface area contributed by atoms with E-state index in [-0.39, 0.29) is 6.03 Å². The third-order valence-electron chi connectivity index (χ3n) is 2.13. The van der Waals surface area contributed by atoms with Crippen LogP contribution in [0.1, 0.15) is 6.42 Å². The van der Waals surface area contributed by atoms with Gasteiger partial charge >= 0.3 is 6.03 Å². The van der Waals surface area contributed by atoms with Crippen molar-refractivity contribution in [2.45, 2.75) is 6.42 Å². The van der Waals surface area contributed by atoms with E-state index in [1.807, 2.05) is 0 Å². The van der Waals surface area contributed by atoms with Crippen LogP contribution in [0.5, 0.6) is 0 Å². The second-order valence-electron chi connectivity index (χ2n) is 3.19. The number of pyridine rings is 1. The first-order valence-corrected chi connectivity index (χ1v) is 4.54. The van der Waals surface area contributed by atoms with Gasteiger partial charge in [0.05, 0.1) is 11.9 Å². The molecule has 14 heavy (non-hydrogen) atoms. The molecule has 5 heteroatoms. The molecule has 0 atom stereocenters. The number of urea groups is 1. The molecule has 1 aliphatic rings. The standard InChI is InChI=1S/C9H12N4O/c10-7-2-3-8(12-6-7)13-5-1-4-11-9(13)14/h2-3,6H,1,4-5,10H2,(H,11,14). The zero-order valence-corrected chi connectivity index (χ0v) is 7.73. The fourth-order valence-corrected chi connectivity index (χ4v) is 1.41. The highest BCUT2D eigenvalue weighted by atomic mass is 16.2. The Balaban J connectivity index is 2.20. The molecule has 1 aromatic heterocycles. The summed E-state index contributed by atoms with van der Waals surface area (Å²) in [7, 11) is 0. The summed E-state index contributed by atoms with van der Waals surface area (Å²) in [4.78, 5) is 17.1. The lowest BCUT2D eigenvalue weighted by Crippen LogP contribution is -2.46. The Morgan fingerprint density at radius 3 is 3.00 bits per heavy atom. The van der Waals surface area contributed by atoms with Gasteiger partial charge in [-0.1, -0.05) is 0 Å². The first-order chi connectivity index (χ1) is 6.77. The molecule has 1 aliphatic heterocycles. The molecule has 0 aliphatic carbocycles. The van der Waals surface area contributed by atoms with Crippen LogP contribution in [-0.2, 0) is 0 Å². The van der Waals surface area contributed by atoms with Gasteiger partial charge in [-0.25, -0.2) is 9.78 Å². The number of nitrogen functional groups attached to an aromatic ring is 1. The molecule has 2 heterocycles. The molecular formula is C9H12N4O. The summed E-state index contributed by atoms with van der Waals surface area (Å²) in [5.74, 6) is 0.649. The molecule has 74 valence electrons. The van der Waals surface area contributed by atoms with E-state index in [1.165, 1.54) is 0 Å². The molecule has 0 unspecified atom stereocenters. The Kier molecular flexibility index (Phi) is 2.22. The highest BCUT2D eigenvalue weighted by Gasteiger charge is 2.19. The van der Waals surface area contributed by atoms with Gasteiger partial charge in [-0.3, -0.25) is 4.90 Å². The van der Waals surface area contributed by atoms with E-state index in [0.29, 0.717) is 18.1 Å². The van der Waals surface area contributed by atoms with Crippen molar-refractivity contribution in [3.8, 4) is 0 Å². The van der Waals surface area contributed by atoms with Crippen LogP contribution in [0.15, 0.2) is 18.3 Å². The number of hydrogen-bond acceptors (Lipinski definition) is 3. The molecule has 3 N–H and O–H groups in total. The fraction of sp³-hybridized carbons (Fsp3) is 0.333. The number of nitrogens with two attached hydrogens (primary N) is 1. The van der Waals surface area contributed by atoms with Gasteiger partial charge in [0, 0.05) is 13.1 Å². The van der Waals surface area contributed by atoms with Crippen LogP contribution in [0.2, 0.25) is 0 Å². The minimum absolute atomic E-state index is 0.0893. The highest BCUT2D eigenvalue weighted by molar-refractivity contribution is 5.91. The quantitative estimate of drug-likeness (QED) is 0.683. The second-order valence-corrected chi connectivity index (χ2v) is 3.19.